The van der Waals surface area contributed by atoms with Gasteiger partial charge in [0.15, 0.2) is 5.84 Å². The molecule has 292 valence electrons. The molecule has 4 heterocycles. The number of fused-ring (bicyclic) bond motifs is 11. The van der Waals surface area contributed by atoms with Crippen molar-refractivity contribution < 1.29 is 4.42 Å². The van der Waals surface area contributed by atoms with E-state index in [9.17, 15) is 0 Å². The summed E-state index contributed by atoms with van der Waals surface area (Å²) in [6.07, 6.45) is 3.10. The molecule has 13 rings (SSSR count). The fourth-order valence-corrected chi connectivity index (χ4v) is 11.0. The maximum absolute atomic E-state index is 6.82. The number of aliphatic imine (C=N–C) groups is 2. The predicted molar refractivity (Wildman–Crippen MR) is 264 cm³/mol. The zero-order chi connectivity index (χ0) is 40.9. The minimum absolute atomic E-state index is 0.0794. The molecule has 62 heavy (non-hydrogen) atoms. The Hall–Kier alpha value is -7.60. The first-order chi connectivity index (χ1) is 30.6. The molecular formula is C57H37N3OS. The summed E-state index contributed by atoms with van der Waals surface area (Å²) in [4.78, 5) is 11.4. The van der Waals surface area contributed by atoms with Crippen molar-refractivity contribution >= 4 is 114 Å². The quantitative estimate of drug-likeness (QED) is 0.175. The van der Waals surface area contributed by atoms with Crippen molar-refractivity contribution in [3.63, 3.8) is 0 Å². The maximum atomic E-state index is 6.82. The lowest BCUT2D eigenvalue weighted by atomic mass is 9.90. The molecule has 3 aromatic heterocycles. The predicted octanol–water partition coefficient (Wildman–Crippen LogP) is 15.7. The number of allylic oxidation sites excluding steroid dienone is 1. The van der Waals surface area contributed by atoms with E-state index in [0.717, 1.165) is 73.0 Å². The number of benzene rings is 9. The molecule has 12 aromatic rings. The zero-order valence-electron chi connectivity index (χ0n) is 33.8. The van der Waals surface area contributed by atoms with E-state index in [1.807, 2.05) is 11.3 Å². The van der Waals surface area contributed by atoms with Crippen LogP contribution in [0.3, 0.4) is 0 Å². The van der Waals surface area contributed by atoms with Crippen LogP contribution in [-0.2, 0) is 0 Å². The summed E-state index contributed by atoms with van der Waals surface area (Å²) >= 11 is 1.84. The Balaban J connectivity index is 1.14. The van der Waals surface area contributed by atoms with Gasteiger partial charge in [-0.15, -0.1) is 11.3 Å². The van der Waals surface area contributed by atoms with Crippen LogP contribution in [0.2, 0.25) is 0 Å². The second-order valence-electron chi connectivity index (χ2n) is 16.5. The van der Waals surface area contributed by atoms with Crippen LogP contribution in [0.5, 0.6) is 0 Å². The molecule has 0 N–H and O–H groups in total. The van der Waals surface area contributed by atoms with Crippen LogP contribution in [0.25, 0.3) is 96.8 Å². The third-order valence-corrected chi connectivity index (χ3v) is 14.0. The van der Waals surface area contributed by atoms with Crippen molar-refractivity contribution in [1.29, 1.82) is 0 Å². The highest BCUT2D eigenvalue weighted by molar-refractivity contribution is 7.25. The van der Waals surface area contributed by atoms with Crippen molar-refractivity contribution in [3.05, 3.63) is 205 Å². The van der Waals surface area contributed by atoms with Crippen LogP contribution in [0, 0.1) is 5.92 Å². The van der Waals surface area contributed by atoms with Gasteiger partial charge in [-0.2, -0.15) is 0 Å². The Kier molecular flexibility index (Phi) is 7.78. The highest BCUT2D eigenvalue weighted by Crippen LogP contribution is 2.45. The Morgan fingerprint density at radius 3 is 2.03 bits per heavy atom. The number of aromatic nitrogens is 1. The highest BCUT2D eigenvalue weighted by Gasteiger charge is 2.26. The molecule has 0 saturated carbocycles. The van der Waals surface area contributed by atoms with E-state index in [0.29, 0.717) is 5.84 Å². The van der Waals surface area contributed by atoms with Gasteiger partial charge in [-0.05, 0) is 82.6 Å². The molecule has 0 aliphatic carbocycles. The smallest absolute Gasteiger partial charge is 0.160 e. The van der Waals surface area contributed by atoms with Crippen molar-refractivity contribution in [3.8, 4) is 5.69 Å². The number of rotatable bonds is 4. The summed E-state index contributed by atoms with van der Waals surface area (Å²) in [5, 5.41) is 11.8. The van der Waals surface area contributed by atoms with Gasteiger partial charge in [0, 0.05) is 64.3 Å². The first-order valence-electron chi connectivity index (χ1n) is 21.3. The number of nitrogens with zero attached hydrogens (tertiary/aromatic N) is 3. The normalized spacial score (nSPS) is 15.8. The molecule has 0 fully saturated rings. The lowest BCUT2D eigenvalue weighted by Gasteiger charge is -2.21. The van der Waals surface area contributed by atoms with E-state index in [-0.39, 0.29) is 5.92 Å². The summed E-state index contributed by atoms with van der Waals surface area (Å²) in [5.74, 6) is 0.764. The van der Waals surface area contributed by atoms with Crippen LogP contribution in [0.1, 0.15) is 30.0 Å². The van der Waals surface area contributed by atoms with Crippen LogP contribution >= 0.6 is 11.3 Å². The lowest BCUT2D eigenvalue weighted by Crippen LogP contribution is -2.17. The number of amidine groups is 1. The molecule has 0 amide bonds. The molecule has 1 aliphatic rings. The molecule has 0 spiro atoms. The minimum atomic E-state index is 0.0794. The Bertz CT molecular complexity index is 3920. The number of hydrogen-bond donors (Lipinski definition) is 0. The second-order valence-corrected chi connectivity index (χ2v) is 17.6. The topological polar surface area (TPSA) is 42.8 Å². The Labute approximate surface area is 361 Å². The largest absolute Gasteiger partial charge is 0.456 e. The van der Waals surface area contributed by atoms with Gasteiger partial charge < -0.3 is 8.98 Å². The molecular weight excluding hydrogens is 775 g/mol. The number of para-hydroxylation sites is 1. The van der Waals surface area contributed by atoms with Gasteiger partial charge in [-0.3, -0.25) is 0 Å². The van der Waals surface area contributed by atoms with Crippen LogP contribution in [0.4, 0.5) is 0 Å². The summed E-state index contributed by atoms with van der Waals surface area (Å²) in [7, 11) is 0. The van der Waals surface area contributed by atoms with Gasteiger partial charge in [0.2, 0.25) is 0 Å². The fraction of sp³-hybridized carbons (Fsp3) is 0.0526. The lowest BCUT2D eigenvalue weighted by molar-refractivity contribution is 0.669. The van der Waals surface area contributed by atoms with Gasteiger partial charge in [0.25, 0.3) is 0 Å². The van der Waals surface area contributed by atoms with Crippen LogP contribution in [-0.4, -0.2) is 16.1 Å². The molecule has 1 unspecified atom stereocenters. The van der Waals surface area contributed by atoms with Crippen molar-refractivity contribution in [2.45, 2.75) is 13.3 Å². The maximum Gasteiger partial charge on any atom is 0.160 e. The van der Waals surface area contributed by atoms with Gasteiger partial charge in [0.1, 0.15) is 11.2 Å². The van der Waals surface area contributed by atoms with Crippen molar-refractivity contribution in [2.75, 3.05) is 0 Å². The third kappa shape index (κ3) is 5.38. The number of thiophene rings is 1. The molecule has 0 bridgehead atoms. The van der Waals surface area contributed by atoms with Gasteiger partial charge >= 0.3 is 0 Å². The van der Waals surface area contributed by atoms with Crippen LogP contribution < -0.4 is 0 Å². The molecule has 0 radical (unpaired) electrons. The SMILES string of the molecule is CC1C/C=C(\c2c(-n3c4ccccc4c4cc5ccccc5cc43)ccc3oc4cc5ccccc5cc4c23)N=C(c2ccccc2)N=C1c1cccc2sc3ccccc3c12. The van der Waals surface area contributed by atoms with E-state index < -0.39 is 0 Å². The Morgan fingerprint density at radius 2 is 1.21 bits per heavy atom. The fourth-order valence-electron chi connectivity index (χ4n) is 9.90. The number of furan rings is 1. The van der Waals surface area contributed by atoms with E-state index in [1.54, 1.807) is 0 Å². The molecule has 1 atom stereocenters. The number of hydrogen-bond acceptors (Lipinski definition) is 4. The molecule has 4 nitrogen and oxygen atoms in total. The summed E-state index contributed by atoms with van der Waals surface area (Å²) in [6, 6.07) is 65.4. The molecule has 5 heteroatoms. The van der Waals surface area contributed by atoms with E-state index in [1.165, 1.54) is 52.7 Å². The minimum Gasteiger partial charge on any atom is -0.456 e. The zero-order valence-corrected chi connectivity index (χ0v) is 34.7. The highest BCUT2D eigenvalue weighted by atomic mass is 32.1. The first kappa shape index (κ1) is 35.2. The summed E-state index contributed by atoms with van der Waals surface area (Å²) in [6.45, 7) is 2.31. The molecule has 0 saturated heterocycles. The van der Waals surface area contributed by atoms with E-state index in [4.69, 9.17) is 14.4 Å². The molecule has 9 aromatic carbocycles. The van der Waals surface area contributed by atoms with Gasteiger partial charge in [-0.25, -0.2) is 9.98 Å². The van der Waals surface area contributed by atoms with Gasteiger partial charge in [-0.1, -0.05) is 140 Å². The third-order valence-electron chi connectivity index (χ3n) is 12.8. The average molecular weight is 812 g/mol. The average Bonchev–Trinajstić information content (AvgIpc) is 3.98. The van der Waals surface area contributed by atoms with E-state index in [2.05, 4.69) is 200 Å². The first-order valence-corrected chi connectivity index (χ1v) is 22.1. The second kappa shape index (κ2) is 13.7. The van der Waals surface area contributed by atoms with Crippen LogP contribution in [0.15, 0.2) is 202 Å². The Morgan fingerprint density at radius 1 is 0.532 bits per heavy atom. The van der Waals surface area contributed by atoms with Crippen molar-refractivity contribution in [1.82, 2.24) is 4.57 Å². The van der Waals surface area contributed by atoms with E-state index >= 15 is 0 Å². The molecule has 1 aliphatic heterocycles. The monoisotopic (exact) mass is 811 g/mol. The van der Waals surface area contributed by atoms with Crippen molar-refractivity contribution in [2.24, 2.45) is 15.9 Å². The summed E-state index contributed by atoms with van der Waals surface area (Å²) < 4.78 is 11.8. The summed E-state index contributed by atoms with van der Waals surface area (Å²) in [5.41, 5.74) is 10.1. The van der Waals surface area contributed by atoms with Gasteiger partial charge in [0.05, 0.1) is 28.1 Å². The standard InChI is InChI=1S/C57H37N3OS/c1-34-26-27-45(58-57(35-14-3-2-4-15-35)59-56(34)42-22-13-25-52-53(42)41-21-10-12-24-51(41)62-52)55-47(28-29-49-54(55)44-31-37-17-6-8-19-39(37)33-50(44)61-49)60-46-23-11-9-20-40(46)43-30-36-16-5-7-18-38(36)32-48(43)60/h2-25,27-34H,26H2,1H3/b45-27+,58-57?,59-56?.